The van der Waals surface area contributed by atoms with Crippen molar-refractivity contribution in [3.05, 3.63) is 82.0 Å². The number of phenols is 1. The van der Waals surface area contributed by atoms with Crippen molar-refractivity contribution in [2.24, 2.45) is 0 Å². The summed E-state index contributed by atoms with van der Waals surface area (Å²) in [6.07, 6.45) is 10.5. The summed E-state index contributed by atoms with van der Waals surface area (Å²) in [4.78, 5) is 39.1. The predicted molar refractivity (Wildman–Crippen MR) is 157 cm³/mol. The van der Waals surface area contributed by atoms with Gasteiger partial charge in [0.15, 0.2) is 0 Å². The van der Waals surface area contributed by atoms with E-state index in [4.69, 9.17) is 9.47 Å². The zero-order chi connectivity index (χ0) is 29.4. The maximum Gasteiger partial charge on any atom is 0.308 e. The van der Waals surface area contributed by atoms with Gasteiger partial charge in [-0.05, 0) is 65.5 Å². The minimum Gasteiger partial charge on any atom is -0.508 e. The second-order valence-electron chi connectivity index (χ2n) is 10.5. The van der Waals surface area contributed by atoms with E-state index in [1.54, 1.807) is 23.1 Å². The van der Waals surface area contributed by atoms with Crippen molar-refractivity contribution in [2.75, 3.05) is 11.4 Å². The Bertz CT molecular complexity index is 1380. The van der Waals surface area contributed by atoms with Crippen molar-refractivity contribution in [1.82, 2.24) is 0 Å². The van der Waals surface area contributed by atoms with E-state index in [-0.39, 0.29) is 36.1 Å². The number of hydrogen-bond donors (Lipinski definition) is 1. The van der Waals surface area contributed by atoms with Crippen molar-refractivity contribution in [1.29, 1.82) is 0 Å². The Morgan fingerprint density at radius 2 is 1.52 bits per heavy atom. The molecule has 7 nitrogen and oxygen atoms in total. The van der Waals surface area contributed by atoms with Crippen LogP contribution in [0, 0.1) is 0 Å². The van der Waals surface area contributed by atoms with E-state index in [1.807, 2.05) is 13.0 Å². The molecule has 0 fully saturated rings. The first-order valence-electron chi connectivity index (χ1n) is 13.6. The molecule has 1 aliphatic heterocycles. The molecule has 3 rings (SSSR count). The molecule has 0 radical (unpaired) electrons. The lowest BCUT2D eigenvalue weighted by Gasteiger charge is -2.24. The van der Waals surface area contributed by atoms with Crippen LogP contribution in [0.15, 0.2) is 65.3 Å². The number of phenolic OH excluding ortho intramolecular Hbond substituents is 1. The molecular formula is C33H39NO6. The lowest BCUT2D eigenvalue weighted by molar-refractivity contribution is -0.132. The number of aromatic hydroxyl groups is 1. The molecule has 0 aromatic heterocycles. The number of nitrogens with zero attached hydrogens (tertiary/aromatic N) is 1. The normalized spacial score (nSPS) is 13.2. The first kappa shape index (κ1) is 30.4. The zero-order valence-electron chi connectivity index (χ0n) is 24.3. The van der Waals surface area contributed by atoms with Gasteiger partial charge in [-0.3, -0.25) is 14.4 Å². The highest BCUT2D eigenvalue weighted by Gasteiger charge is 2.31. The fourth-order valence-electron chi connectivity index (χ4n) is 4.66. The summed E-state index contributed by atoms with van der Waals surface area (Å²) < 4.78 is 10.8. The largest absolute Gasteiger partial charge is 0.508 e. The van der Waals surface area contributed by atoms with Gasteiger partial charge in [0.1, 0.15) is 17.2 Å². The highest BCUT2D eigenvalue weighted by atomic mass is 16.5. The van der Waals surface area contributed by atoms with Gasteiger partial charge in [0.2, 0.25) is 0 Å². The molecule has 2 aromatic rings. The average molecular weight is 546 g/mol. The van der Waals surface area contributed by atoms with Crippen molar-refractivity contribution < 1.29 is 29.0 Å². The molecule has 1 amide bonds. The van der Waals surface area contributed by atoms with Gasteiger partial charge in [0.05, 0.1) is 5.69 Å². The number of anilines is 1. The molecule has 0 aliphatic carbocycles. The van der Waals surface area contributed by atoms with Crippen molar-refractivity contribution in [3.8, 4) is 17.2 Å². The first-order valence-corrected chi connectivity index (χ1v) is 13.6. The summed E-state index contributed by atoms with van der Waals surface area (Å²) in [5.41, 5.74) is 5.61. The van der Waals surface area contributed by atoms with Gasteiger partial charge in [-0.2, -0.15) is 0 Å². The Kier molecular flexibility index (Phi) is 10.5. The smallest absolute Gasteiger partial charge is 0.308 e. The Balaban J connectivity index is 1.96. The van der Waals surface area contributed by atoms with Crippen LogP contribution in [0.2, 0.25) is 0 Å². The molecule has 0 saturated carbocycles. The van der Waals surface area contributed by atoms with Gasteiger partial charge in [-0.25, -0.2) is 0 Å². The van der Waals surface area contributed by atoms with Crippen LogP contribution in [0.3, 0.4) is 0 Å². The van der Waals surface area contributed by atoms with Gasteiger partial charge in [-0.1, -0.05) is 41.0 Å². The molecule has 0 unspecified atom stereocenters. The number of rotatable bonds is 10. The minimum absolute atomic E-state index is 0.0186. The van der Waals surface area contributed by atoms with Gasteiger partial charge in [0.25, 0.3) is 5.91 Å². The van der Waals surface area contributed by atoms with Crippen LogP contribution < -0.4 is 14.4 Å². The van der Waals surface area contributed by atoms with E-state index in [0.29, 0.717) is 22.4 Å². The summed E-state index contributed by atoms with van der Waals surface area (Å²) in [6.45, 7) is 11.2. The molecular weight excluding hydrogens is 506 g/mol. The third-order valence-corrected chi connectivity index (χ3v) is 6.69. The second-order valence-corrected chi connectivity index (χ2v) is 10.5. The molecule has 1 heterocycles. The van der Waals surface area contributed by atoms with Gasteiger partial charge >= 0.3 is 11.9 Å². The van der Waals surface area contributed by atoms with Crippen LogP contribution in [0.25, 0.3) is 0 Å². The lowest BCUT2D eigenvalue weighted by atomic mass is 9.98. The first-order chi connectivity index (χ1) is 19.0. The predicted octanol–water partition coefficient (Wildman–Crippen LogP) is 7.21. The van der Waals surface area contributed by atoms with Crippen LogP contribution in [0.4, 0.5) is 5.69 Å². The quantitative estimate of drug-likeness (QED) is 0.193. The number of carbonyl (C=O) groups excluding carboxylic acids is 3. The number of fused-ring (bicyclic) bond motifs is 2. The zero-order valence-corrected chi connectivity index (χ0v) is 24.3. The van der Waals surface area contributed by atoms with Crippen LogP contribution in [0.5, 0.6) is 17.2 Å². The fourth-order valence-corrected chi connectivity index (χ4v) is 4.66. The van der Waals surface area contributed by atoms with Crippen molar-refractivity contribution >= 4 is 23.5 Å². The summed E-state index contributed by atoms with van der Waals surface area (Å²) in [7, 11) is 0. The molecule has 0 atom stereocenters. The van der Waals surface area contributed by atoms with Crippen LogP contribution in [-0.4, -0.2) is 29.5 Å². The Morgan fingerprint density at radius 3 is 2.17 bits per heavy atom. The SMILES string of the molecule is CC(=O)Oc1cc(OC(C)=O)c2c(c1)N(C/C=C(\C)CC/C=C(\C)CCC=C(C)C)C(=O)c1cccc(O)c1C2. The topological polar surface area (TPSA) is 93.1 Å². The van der Waals surface area contributed by atoms with Gasteiger partial charge in [0, 0.05) is 55.6 Å². The summed E-state index contributed by atoms with van der Waals surface area (Å²) in [5.74, 6) is -1.09. The fraction of sp³-hybridized carbons (Fsp3) is 0.364. The van der Waals surface area contributed by atoms with E-state index in [1.165, 1.54) is 37.1 Å². The maximum atomic E-state index is 13.8. The Morgan fingerprint density at radius 1 is 0.875 bits per heavy atom. The number of benzene rings is 2. The third kappa shape index (κ3) is 8.18. The number of allylic oxidation sites excluding steroid dienone is 5. The van der Waals surface area contributed by atoms with Gasteiger partial charge < -0.3 is 19.5 Å². The number of ether oxygens (including phenoxy) is 2. The molecule has 212 valence electrons. The van der Waals surface area contributed by atoms with E-state index >= 15 is 0 Å². The number of hydrogen-bond acceptors (Lipinski definition) is 6. The van der Waals surface area contributed by atoms with Crippen LogP contribution >= 0.6 is 0 Å². The molecule has 1 aliphatic rings. The Labute approximate surface area is 236 Å². The number of amides is 1. The molecule has 7 heteroatoms. The van der Waals surface area contributed by atoms with Crippen molar-refractivity contribution in [2.45, 2.75) is 73.6 Å². The summed E-state index contributed by atoms with van der Waals surface area (Å²) in [6, 6.07) is 7.90. The molecule has 1 N–H and O–H groups in total. The second kappa shape index (κ2) is 13.8. The number of carbonyl (C=O) groups is 3. The minimum atomic E-state index is -0.554. The third-order valence-electron chi connectivity index (χ3n) is 6.69. The van der Waals surface area contributed by atoms with Crippen molar-refractivity contribution in [3.63, 3.8) is 0 Å². The van der Waals surface area contributed by atoms with E-state index in [9.17, 15) is 19.5 Å². The summed E-state index contributed by atoms with van der Waals surface area (Å²) >= 11 is 0. The van der Waals surface area contributed by atoms with Crippen LogP contribution in [0.1, 0.15) is 88.7 Å². The van der Waals surface area contributed by atoms with E-state index < -0.39 is 11.9 Å². The highest BCUT2D eigenvalue weighted by molar-refractivity contribution is 6.09. The standard InChI is InChI=1S/C33H39NO6/c1-21(2)10-7-11-22(3)12-8-13-23(4)16-17-34-30-18-26(39-24(5)35)19-32(40-25(6)36)29(30)20-28-27(33(34)38)14-9-15-31(28)37/h9-10,12,14-16,18-19,37H,7-8,11,13,17,20H2,1-6H3/b22-12+,23-16+. The molecule has 0 bridgehead atoms. The molecule has 40 heavy (non-hydrogen) atoms. The average Bonchev–Trinajstić information content (AvgIpc) is 2.97. The number of esters is 2. The van der Waals surface area contributed by atoms with E-state index in [2.05, 4.69) is 32.9 Å². The molecule has 2 aromatic carbocycles. The highest BCUT2D eigenvalue weighted by Crippen LogP contribution is 2.42. The lowest BCUT2D eigenvalue weighted by Crippen LogP contribution is -2.31. The van der Waals surface area contributed by atoms with E-state index in [0.717, 1.165) is 31.3 Å². The van der Waals surface area contributed by atoms with Crippen LogP contribution in [-0.2, 0) is 16.0 Å². The monoisotopic (exact) mass is 545 g/mol. The Hall–Kier alpha value is -4.13. The molecule has 0 saturated heterocycles. The van der Waals surface area contributed by atoms with Gasteiger partial charge in [-0.15, -0.1) is 0 Å². The maximum absolute atomic E-state index is 13.8. The summed E-state index contributed by atoms with van der Waals surface area (Å²) in [5, 5.41) is 10.6. The molecule has 0 spiro atoms.